The van der Waals surface area contributed by atoms with Gasteiger partial charge in [0.1, 0.15) is 0 Å². The number of carbonyl (C=O) groups excluding carboxylic acids is 1. The molecule has 0 aliphatic rings. The molecule has 15 heavy (non-hydrogen) atoms. The van der Waals surface area contributed by atoms with Crippen LogP contribution in [0, 0.1) is 5.92 Å². The Kier molecular flexibility index (Phi) is 7.39. The van der Waals surface area contributed by atoms with Crippen LogP contribution in [0.2, 0.25) is 0 Å². The summed E-state index contributed by atoms with van der Waals surface area (Å²) >= 11 is 0. The molecule has 2 unspecified atom stereocenters. The quantitative estimate of drug-likeness (QED) is 0.610. The lowest BCUT2D eigenvalue weighted by atomic mass is 9.94. The molecule has 2 atom stereocenters. The fraction of sp³-hybridized carbons (Fsp3) is 0.917. The maximum atomic E-state index is 11.3. The second-order valence-electron chi connectivity index (χ2n) is 4.33. The Morgan fingerprint density at radius 3 is 2.33 bits per heavy atom. The average Bonchev–Trinajstić information content (AvgIpc) is 2.16. The number of hydrogen-bond acceptors (Lipinski definition) is 3. The van der Waals surface area contributed by atoms with E-state index >= 15 is 0 Å². The van der Waals surface area contributed by atoms with E-state index < -0.39 is 0 Å². The van der Waals surface area contributed by atoms with Crippen LogP contribution in [0.15, 0.2) is 0 Å². The van der Waals surface area contributed by atoms with Gasteiger partial charge in [0.25, 0.3) is 0 Å². The average molecular weight is 215 g/mol. The second-order valence-corrected chi connectivity index (χ2v) is 4.33. The van der Waals surface area contributed by atoms with Crippen LogP contribution in [0.5, 0.6) is 0 Å². The van der Waals surface area contributed by atoms with E-state index in [1.165, 1.54) is 0 Å². The highest BCUT2D eigenvalue weighted by atomic mass is 16.5. The molecule has 0 fully saturated rings. The predicted octanol–water partition coefficient (Wildman–Crippen LogP) is 2.31. The number of nitrogens with zero attached hydrogens (tertiary/aromatic N) is 1. The van der Waals surface area contributed by atoms with Crippen LogP contribution in [-0.2, 0) is 9.53 Å². The van der Waals surface area contributed by atoms with E-state index in [-0.39, 0.29) is 5.97 Å². The number of esters is 1. The topological polar surface area (TPSA) is 29.5 Å². The lowest BCUT2D eigenvalue weighted by Gasteiger charge is -2.24. The number of hydrogen-bond donors (Lipinski definition) is 0. The molecular weight excluding hydrogens is 190 g/mol. The van der Waals surface area contributed by atoms with Gasteiger partial charge in [-0.05, 0) is 40.3 Å². The van der Waals surface area contributed by atoms with E-state index in [0.717, 1.165) is 12.8 Å². The lowest BCUT2D eigenvalue weighted by Crippen LogP contribution is -2.28. The van der Waals surface area contributed by atoms with Crippen molar-refractivity contribution in [3.63, 3.8) is 0 Å². The Hall–Kier alpha value is -0.570. The second kappa shape index (κ2) is 7.69. The van der Waals surface area contributed by atoms with Gasteiger partial charge in [0.05, 0.1) is 6.61 Å². The molecule has 0 heterocycles. The maximum Gasteiger partial charge on any atom is 0.306 e. The van der Waals surface area contributed by atoms with Crippen molar-refractivity contribution in [1.29, 1.82) is 0 Å². The Labute approximate surface area is 93.8 Å². The third kappa shape index (κ3) is 6.50. The first kappa shape index (κ1) is 14.4. The summed E-state index contributed by atoms with van der Waals surface area (Å²) in [4.78, 5) is 13.5. The molecule has 0 N–H and O–H groups in total. The minimum absolute atomic E-state index is 0.0599. The zero-order valence-electron chi connectivity index (χ0n) is 10.7. The third-order valence-electron chi connectivity index (χ3n) is 2.89. The molecule has 0 saturated carbocycles. The fourth-order valence-corrected chi connectivity index (χ4v) is 1.54. The summed E-state index contributed by atoms with van der Waals surface area (Å²) < 4.78 is 4.96. The molecular formula is C12H25NO2. The summed E-state index contributed by atoms with van der Waals surface area (Å²) in [5.41, 5.74) is 0. The van der Waals surface area contributed by atoms with E-state index in [0.29, 0.717) is 25.0 Å². The van der Waals surface area contributed by atoms with E-state index in [9.17, 15) is 4.79 Å². The molecule has 0 radical (unpaired) electrons. The van der Waals surface area contributed by atoms with Crippen molar-refractivity contribution in [2.45, 2.75) is 46.1 Å². The van der Waals surface area contributed by atoms with Gasteiger partial charge in [-0.25, -0.2) is 0 Å². The molecule has 90 valence electrons. The highest BCUT2D eigenvalue weighted by molar-refractivity contribution is 5.69. The van der Waals surface area contributed by atoms with Gasteiger partial charge in [-0.15, -0.1) is 0 Å². The van der Waals surface area contributed by atoms with E-state index in [4.69, 9.17) is 4.74 Å². The fourth-order valence-electron chi connectivity index (χ4n) is 1.54. The predicted molar refractivity (Wildman–Crippen MR) is 62.8 cm³/mol. The van der Waals surface area contributed by atoms with Crippen LogP contribution in [0.3, 0.4) is 0 Å². The Morgan fingerprint density at radius 2 is 1.93 bits per heavy atom. The van der Waals surface area contributed by atoms with Crippen LogP contribution in [0.1, 0.15) is 40.0 Å². The molecule has 0 rings (SSSR count). The van der Waals surface area contributed by atoms with Crippen molar-refractivity contribution in [2.75, 3.05) is 20.7 Å². The van der Waals surface area contributed by atoms with E-state index in [2.05, 4.69) is 32.8 Å². The van der Waals surface area contributed by atoms with Crippen LogP contribution in [-0.4, -0.2) is 37.6 Å². The first-order valence-electron chi connectivity index (χ1n) is 5.83. The van der Waals surface area contributed by atoms with Gasteiger partial charge in [-0.3, -0.25) is 4.79 Å². The molecule has 0 aromatic carbocycles. The van der Waals surface area contributed by atoms with Gasteiger partial charge in [0, 0.05) is 12.5 Å². The molecule has 0 aromatic rings. The monoisotopic (exact) mass is 215 g/mol. The van der Waals surface area contributed by atoms with Crippen molar-refractivity contribution in [2.24, 2.45) is 5.92 Å². The van der Waals surface area contributed by atoms with Gasteiger partial charge in [-0.1, -0.05) is 13.3 Å². The van der Waals surface area contributed by atoms with Gasteiger partial charge in [-0.2, -0.15) is 0 Å². The molecule has 0 aliphatic heterocycles. The highest BCUT2D eigenvalue weighted by Gasteiger charge is 2.16. The highest BCUT2D eigenvalue weighted by Crippen LogP contribution is 2.18. The zero-order valence-corrected chi connectivity index (χ0v) is 10.7. The molecule has 0 bridgehead atoms. The summed E-state index contributed by atoms with van der Waals surface area (Å²) in [5.74, 6) is 0.386. The van der Waals surface area contributed by atoms with Crippen LogP contribution in [0.4, 0.5) is 0 Å². The molecule has 0 amide bonds. The molecule has 0 spiro atoms. The first-order chi connectivity index (χ1) is 7.01. The van der Waals surface area contributed by atoms with E-state index in [1.54, 1.807) is 0 Å². The van der Waals surface area contributed by atoms with Gasteiger partial charge < -0.3 is 9.64 Å². The number of ether oxygens (including phenoxy) is 1. The van der Waals surface area contributed by atoms with Crippen molar-refractivity contribution in [1.82, 2.24) is 4.90 Å². The SMILES string of the molecule is CCOC(=O)CC(CC)CC(C)N(C)C. The minimum Gasteiger partial charge on any atom is -0.466 e. The molecule has 3 heteroatoms. The lowest BCUT2D eigenvalue weighted by molar-refractivity contribution is -0.144. The Morgan fingerprint density at radius 1 is 1.33 bits per heavy atom. The van der Waals surface area contributed by atoms with Gasteiger partial charge in [0.15, 0.2) is 0 Å². The van der Waals surface area contributed by atoms with Crippen molar-refractivity contribution in [3.05, 3.63) is 0 Å². The summed E-state index contributed by atoms with van der Waals surface area (Å²) in [5, 5.41) is 0. The van der Waals surface area contributed by atoms with Crippen molar-refractivity contribution < 1.29 is 9.53 Å². The van der Waals surface area contributed by atoms with Gasteiger partial charge >= 0.3 is 5.97 Å². The van der Waals surface area contributed by atoms with Crippen molar-refractivity contribution >= 4 is 5.97 Å². The number of rotatable bonds is 7. The standard InChI is InChI=1S/C12H25NO2/c1-6-11(8-10(3)13(4)5)9-12(14)15-7-2/h10-11H,6-9H2,1-5H3. The minimum atomic E-state index is -0.0599. The zero-order chi connectivity index (χ0) is 11.8. The maximum absolute atomic E-state index is 11.3. The summed E-state index contributed by atoms with van der Waals surface area (Å²) in [6.07, 6.45) is 2.65. The van der Waals surface area contributed by atoms with Crippen LogP contribution < -0.4 is 0 Å². The molecule has 3 nitrogen and oxygen atoms in total. The van der Waals surface area contributed by atoms with Crippen molar-refractivity contribution in [3.8, 4) is 0 Å². The smallest absolute Gasteiger partial charge is 0.306 e. The summed E-state index contributed by atoms with van der Waals surface area (Å²) in [6.45, 7) is 6.65. The number of carbonyl (C=O) groups is 1. The molecule has 0 saturated heterocycles. The Bertz CT molecular complexity index is 180. The normalized spacial score (nSPS) is 15.1. The molecule has 0 aromatic heterocycles. The summed E-state index contributed by atoms with van der Waals surface area (Å²) in [7, 11) is 4.14. The van der Waals surface area contributed by atoms with Gasteiger partial charge in [0.2, 0.25) is 0 Å². The first-order valence-corrected chi connectivity index (χ1v) is 5.83. The van der Waals surface area contributed by atoms with Crippen LogP contribution in [0.25, 0.3) is 0 Å². The summed E-state index contributed by atoms with van der Waals surface area (Å²) in [6, 6.07) is 0.518. The third-order valence-corrected chi connectivity index (χ3v) is 2.89. The largest absolute Gasteiger partial charge is 0.466 e. The Balaban J connectivity index is 3.97. The van der Waals surface area contributed by atoms with E-state index in [1.807, 2.05) is 6.92 Å². The molecule has 0 aliphatic carbocycles. The van der Waals surface area contributed by atoms with Crippen LogP contribution >= 0.6 is 0 Å².